The molecule has 0 bridgehead atoms. The van der Waals surface area contributed by atoms with Crippen molar-refractivity contribution in [3.63, 3.8) is 0 Å². The van der Waals surface area contributed by atoms with E-state index in [1.165, 1.54) is 0 Å². The summed E-state index contributed by atoms with van der Waals surface area (Å²) in [7, 11) is 0. The van der Waals surface area contributed by atoms with Gasteiger partial charge in [-0.3, -0.25) is 4.79 Å². The van der Waals surface area contributed by atoms with Crippen LogP contribution in [-0.4, -0.2) is 11.4 Å². The van der Waals surface area contributed by atoms with Crippen molar-refractivity contribution in [3.8, 4) is 32.3 Å². The highest BCUT2D eigenvalue weighted by molar-refractivity contribution is 7.19. The Morgan fingerprint density at radius 3 is 2.12 bits per heavy atom. The Bertz CT molecular complexity index is 969. The predicted molar refractivity (Wildman–Crippen MR) is 108 cm³/mol. The van der Waals surface area contributed by atoms with Gasteiger partial charge < -0.3 is 5.32 Å². The predicted octanol–water partition coefficient (Wildman–Crippen LogP) is 5.71. The minimum atomic E-state index is 0.686. The van der Waals surface area contributed by atoms with Gasteiger partial charge in [-0.2, -0.15) is 0 Å². The van der Waals surface area contributed by atoms with Gasteiger partial charge >= 0.3 is 0 Å². The zero-order chi connectivity index (χ0) is 17.8. The molecular formula is C22H16N2OS. The maximum absolute atomic E-state index is 10.7. The number of nitrogens with zero attached hydrogens (tertiary/aromatic N) is 1. The fraction of sp³-hybridized carbons (Fsp3) is 0. The standard InChI is InChI=1S/C22H16N2OS/c25-15-23-19-13-7-12-18(14-19)22-24-20(16-8-3-1-4-9-16)21(26-22)17-10-5-2-6-11-17/h1-15H,(H,23,25). The minimum absolute atomic E-state index is 0.686. The summed E-state index contributed by atoms with van der Waals surface area (Å²) in [5.74, 6) is 0. The molecule has 0 radical (unpaired) electrons. The van der Waals surface area contributed by atoms with E-state index >= 15 is 0 Å². The van der Waals surface area contributed by atoms with Crippen molar-refractivity contribution in [2.75, 3.05) is 5.32 Å². The molecule has 3 nitrogen and oxygen atoms in total. The van der Waals surface area contributed by atoms with Crippen molar-refractivity contribution in [1.82, 2.24) is 4.98 Å². The summed E-state index contributed by atoms with van der Waals surface area (Å²) in [5, 5.41) is 3.63. The summed E-state index contributed by atoms with van der Waals surface area (Å²) in [6.45, 7) is 0. The third-order valence-electron chi connectivity index (χ3n) is 4.05. The van der Waals surface area contributed by atoms with Crippen LogP contribution in [0, 0.1) is 0 Å². The van der Waals surface area contributed by atoms with Crippen LogP contribution >= 0.6 is 11.3 Å². The first-order chi connectivity index (χ1) is 12.8. The molecule has 0 aliphatic heterocycles. The molecule has 126 valence electrons. The monoisotopic (exact) mass is 356 g/mol. The number of carbonyl (C=O) groups is 1. The molecule has 4 aromatic rings. The van der Waals surface area contributed by atoms with Gasteiger partial charge in [0.15, 0.2) is 0 Å². The van der Waals surface area contributed by atoms with Crippen LogP contribution in [0.25, 0.3) is 32.3 Å². The van der Waals surface area contributed by atoms with Crippen molar-refractivity contribution < 1.29 is 4.79 Å². The van der Waals surface area contributed by atoms with E-state index in [2.05, 4.69) is 29.6 Å². The van der Waals surface area contributed by atoms with E-state index in [0.717, 1.165) is 38.0 Å². The Morgan fingerprint density at radius 1 is 0.769 bits per heavy atom. The molecule has 0 atom stereocenters. The van der Waals surface area contributed by atoms with Crippen molar-refractivity contribution in [1.29, 1.82) is 0 Å². The molecule has 1 amide bonds. The average molecular weight is 356 g/mol. The number of rotatable bonds is 5. The number of anilines is 1. The Hall–Kier alpha value is -3.24. The second kappa shape index (κ2) is 7.33. The maximum atomic E-state index is 10.7. The molecule has 0 saturated carbocycles. The van der Waals surface area contributed by atoms with E-state index < -0.39 is 0 Å². The summed E-state index contributed by atoms with van der Waals surface area (Å²) in [4.78, 5) is 16.8. The molecular weight excluding hydrogens is 340 g/mol. The van der Waals surface area contributed by atoms with E-state index in [1.807, 2.05) is 60.7 Å². The van der Waals surface area contributed by atoms with Gasteiger partial charge in [0.25, 0.3) is 0 Å². The number of hydrogen-bond donors (Lipinski definition) is 1. The van der Waals surface area contributed by atoms with Crippen LogP contribution in [0.1, 0.15) is 0 Å². The molecule has 26 heavy (non-hydrogen) atoms. The average Bonchev–Trinajstić information content (AvgIpc) is 3.15. The lowest BCUT2D eigenvalue weighted by molar-refractivity contribution is -0.105. The van der Waals surface area contributed by atoms with Crippen LogP contribution in [0.4, 0.5) is 5.69 Å². The second-order valence-corrected chi connectivity index (χ2v) is 6.77. The lowest BCUT2D eigenvalue weighted by atomic mass is 10.1. The minimum Gasteiger partial charge on any atom is -0.329 e. The van der Waals surface area contributed by atoms with Crippen LogP contribution in [0.15, 0.2) is 84.9 Å². The van der Waals surface area contributed by atoms with Crippen LogP contribution in [0.5, 0.6) is 0 Å². The maximum Gasteiger partial charge on any atom is 0.211 e. The van der Waals surface area contributed by atoms with Crippen LogP contribution < -0.4 is 5.32 Å². The van der Waals surface area contributed by atoms with Crippen LogP contribution in [0.3, 0.4) is 0 Å². The molecule has 4 rings (SSSR count). The van der Waals surface area contributed by atoms with E-state index in [9.17, 15) is 4.79 Å². The van der Waals surface area contributed by atoms with Gasteiger partial charge in [-0.15, -0.1) is 11.3 Å². The smallest absolute Gasteiger partial charge is 0.211 e. The van der Waals surface area contributed by atoms with Gasteiger partial charge in [0.05, 0.1) is 10.6 Å². The summed E-state index contributed by atoms with van der Waals surface area (Å²) in [5.41, 5.74) is 4.97. The van der Waals surface area contributed by atoms with Gasteiger partial charge in [0, 0.05) is 16.8 Å². The molecule has 0 saturated heterocycles. The Morgan fingerprint density at radius 2 is 1.42 bits per heavy atom. The quantitative estimate of drug-likeness (QED) is 0.465. The first-order valence-electron chi connectivity index (χ1n) is 8.27. The Labute approximate surface area is 156 Å². The highest BCUT2D eigenvalue weighted by atomic mass is 32.1. The topological polar surface area (TPSA) is 42.0 Å². The second-order valence-electron chi connectivity index (χ2n) is 5.77. The molecule has 1 aromatic heterocycles. The molecule has 0 unspecified atom stereocenters. The Balaban J connectivity index is 1.86. The first kappa shape index (κ1) is 16.2. The molecule has 4 heteroatoms. The number of benzene rings is 3. The van der Waals surface area contributed by atoms with Gasteiger partial charge in [-0.1, -0.05) is 72.8 Å². The number of amides is 1. The molecule has 1 heterocycles. The number of nitrogens with one attached hydrogen (secondary N) is 1. The van der Waals surface area contributed by atoms with E-state index in [4.69, 9.17) is 4.98 Å². The van der Waals surface area contributed by atoms with E-state index in [1.54, 1.807) is 11.3 Å². The van der Waals surface area contributed by atoms with Gasteiger partial charge in [-0.05, 0) is 17.7 Å². The van der Waals surface area contributed by atoms with Gasteiger partial charge in [0.1, 0.15) is 5.01 Å². The molecule has 0 aliphatic carbocycles. The fourth-order valence-corrected chi connectivity index (χ4v) is 3.92. The normalized spacial score (nSPS) is 10.5. The SMILES string of the molecule is O=CNc1cccc(-c2nc(-c3ccccc3)c(-c3ccccc3)s2)c1. The first-order valence-corrected chi connectivity index (χ1v) is 9.09. The summed E-state index contributed by atoms with van der Waals surface area (Å²) >= 11 is 1.66. The number of aromatic nitrogens is 1. The van der Waals surface area contributed by atoms with Gasteiger partial charge in [0.2, 0.25) is 6.41 Å². The highest BCUT2D eigenvalue weighted by Gasteiger charge is 2.16. The lowest BCUT2D eigenvalue weighted by Crippen LogP contribution is -1.93. The van der Waals surface area contributed by atoms with Crippen molar-refractivity contribution >= 4 is 23.4 Å². The van der Waals surface area contributed by atoms with Crippen LogP contribution in [-0.2, 0) is 4.79 Å². The van der Waals surface area contributed by atoms with E-state index in [0.29, 0.717) is 6.41 Å². The largest absolute Gasteiger partial charge is 0.329 e. The third kappa shape index (κ3) is 3.27. The third-order valence-corrected chi connectivity index (χ3v) is 5.20. The van der Waals surface area contributed by atoms with Crippen molar-refractivity contribution in [3.05, 3.63) is 84.9 Å². The molecule has 3 aromatic carbocycles. The lowest BCUT2D eigenvalue weighted by Gasteiger charge is -2.02. The molecule has 1 N–H and O–H groups in total. The number of hydrogen-bond acceptors (Lipinski definition) is 3. The van der Waals surface area contributed by atoms with Crippen molar-refractivity contribution in [2.24, 2.45) is 0 Å². The van der Waals surface area contributed by atoms with Crippen LogP contribution in [0.2, 0.25) is 0 Å². The molecule has 0 spiro atoms. The van der Waals surface area contributed by atoms with Gasteiger partial charge in [-0.25, -0.2) is 4.98 Å². The fourth-order valence-electron chi connectivity index (χ4n) is 2.83. The van der Waals surface area contributed by atoms with Crippen molar-refractivity contribution in [2.45, 2.75) is 0 Å². The Kier molecular flexibility index (Phi) is 4.58. The molecule has 0 aliphatic rings. The summed E-state index contributed by atoms with van der Waals surface area (Å²) in [6.07, 6.45) is 0.686. The summed E-state index contributed by atoms with van der Waals surface area (Å²) in [6, 6.07) is 28.3. The zero-order valence-electron chi connectivity index (χ0n) is 13.9. The number of carbonyl (C=O) groups excluding carboxylic acids is 1. The highest BCUT2D eigenvalue weighted by Crippen LogP contribution is 2.40. The number of thiazole rings is 1. The summed E-state index contributed by atoms with van der Waals surface area (Å²) < 4.78 is 0. The molecule has 0 fully saturated rings. The zero-order valence-corrected chi connectivity index (χ0v) is 14.7. The van der Waals surface area contributed by atoms with E-state index in [-0.39, 0.29) is 0 Å².